The lowest BCUT2D eigenvalue weighted by Gasteiger charge is -2.27. The third kappa shape index (κ3) is 4.60. The lowest BCUT2D eigenvalue weighted by molar-refractivity contribution is -0.138. The van der Waals surface area contributed by atoms with Crippen LogP contribution in [0.15, 0.2) is 48.9 Å². The number of nitrogens with zero attached hydrogens (tertiary/aromatic N) is 5. The first-order chi connectivity index (χ1) is 19.7. The van der Waals surface area contributed by atoms with Crippen LogP contribution in [0.2, 0.25) is 5.02 Å². The van der Waals surface area contributed by atoms with Crippen molar-refractivity contribution in [1.29, 1.82) is 0 Å². The summed E-state index contributed by atoms with van der Waals surface area (Å²) in [6.45, 7) is 5.15. The van der Waals surface area contributed by atoms with E-state index in [4.69, 9.17) is 21.4 Å². The quantitative estimate of drug-likeness (QED) is 0.230. The Hall–Kier alpha value is -4.05. The second-order valence-corrected chi connectivity index (χ2v) is 10.4. The molecule has 0 saturated heterocycles. The van der Waals surface area contributed by atoms with Crippen molar-refractivity contribution < 1.29 is 17.9 Å². The lowest BCUT2D eigenvalue weighted by atomic mass is 9.97. The topological polar surface area (TPSA) is 71.9 Å². The molecule has 1 N–H and O–H groups in total. The highest BCUT2D eigenvalue weighted by Crippen LogP contribution is 2.43. The number of hydrogen-bond acceptors (Lipinski definition) is 5. The monoisotopic (exact) mass is 580 g/mol. The zero-order valence-corrected chi connectivity index (χ0v) is 23.6. The maximum Gasteiger partial charge on any atom is 0.419 e. The molecule has 1 aliphatic heterocycles. The molecule has 6 rings (SSSR count). The minimum Gasteiger partial charge on any atom is -0.493 e. The fourth-order valence-electron chi connectivity index (χ4n) is 5.67. The molecule has 3 aromatic heterocycles. The van der Waals surface area contributed by atoms with Gasteiger partial charge in [-0.3, -0.25) is 0 Å². The van der Waals surface area contributed by atoms with Gasteiger partial charge in [0.05, 0.1) is 40.3 Å². The first-order valence-corrected chi connectivity index (χ1v) is 13.8. The number of H-pyrrole nitrogens is 1. The molecule has 4 heterocycles. The maximum absolute atomic E-state index is 13.1. The Balaban J connectivity index is 1.58. The molecule has 1 aliphatic rings. The van der Waals surface area contributed by atoms with E-state index in [1.54, 1.807) is 7.11 Å². The summed E-state index contributed by atoms with van der Waals surface area (Å²) in [5.41, 5.74) is 6.90. The van der Waals surface area contributed by atoms with E-state index >= 15 is 0 Å². The predicted octanol–water partition coefficient (Wildman–Crippen LogP) is 7.18. The van der Waals surface area contributed by atoms with Crippen molar-refractivity contribution in [3.63, 3.8) is 0 Å². The Labute approximate surface area is 239 Å². The highest BCUT2D eigenvalue weighted by Gasteiger charge is 2.33. The van der Waals surface area contributed by atoms with Crippen molar-refractivity contribution in [2.24, 2.45) is 0 Å². The van der Waals surface area contributed by atoms with Crippen LogP contribution in [0.5, 0.6) is 5.75 Å². The largest absolute Gasteiger partial charge is 0.493 e. The van der Waals surface area contributed by atoms with Gasteiger partial charge in [-0.2, -0.15) is 18.3 Å². The number of aromatic amines is 1. The Bertz CT molecular complexity index is 1720. The Morgan fingerprint density at radius 1 is 1.07 bits per heavy atom. The highest BCUT2D eigenvalue weighted by atomic mass is 35.5. The Morgan fingerprint density at radius 2 is 1.78 bits per heavy atom. The second-order valence-electron chi connectivity index (χ2n) is 9.96. The van der Waals surface area contributed by atoms with Gasteiger partial charge < -0.3 is 14.6 Å². The zero-order chi connectivity index (χ0) is 28.9. The van der Waals surface area contributed by atoms with E-state index < -0.39 is 11.7 Å². The Kier molecular flexibility index (Phi) is 6.89. The Morgan fingerprint density at radius 3 is 2.41 bits per heavy atom. The smallest absolute Gasteiger partial charge is 0.419 e. The number of para-hydroxylation sites is 1. The second kappa shape index (κ2) is 10.4. The molecule has 11 heteroatoms. The molecular weight excluding hydrogens is 553 g/mol. The van der Waals surface area contributed by atoms with Gasteiger partial charge in [-0.15, -0.1) is 0 Å². The molecule has 0 radical (unpaired) electrons. The molecule has 5 aromatic rings. The van der Waals surface area contributed by atoms with Gasteiger partial charge in [0, 0.05) is 54.6 Å². The number of fused-ring (bicyclic) bond motifs is 2. The number of aryl methyl sites for hydroxylation is 2. The third-order valence-corrected chi connectivity index (χ3v) is 7.95. The van der Waals surface area contributed by atoms with Crippen LogP contribution in [0.3, 0.4) is 0 Å². The number of benzene rings is 2. The number of hydrogen-bond donors (Lipinski definition) is 1. The van der Waals surface area contributed by atoms with E-state index in [2.05, 4.69) is 47.0 Å². The highest BCUT2D eigenvalue weighted by molar-refractivity contribution is 6.34. The molecule has 0 amide bonds. The average Bonchev–Trinajstić information content (AvgIpc) is 3.61. The van der Waals surface area contributed by atoms with Crippen LogP contribution in [0.25, 0.3) is 27.8 Å². The molecule has 0 atom stereocenters. The third-order valence-electron chi connectivity index (χ3n) is 7.67. The van der Waals surface area contributed by atoms with Crippen LogP contribution in [0.1, 0.15) is 41.8 Å². The van der Waals surface area contributed by atoms with Crippen LogP contribution in [-0.4, -0.2) is 38.4 Å². The molecule has 212 valence electrons. The van der Waals surface area contributed by atoms with Gasteiger partial charge in [0.2, 0.25) is 5.95 Å². The fourth-order valence-corrected chi connectivity index (χ4v) is 5.95. The van der Waals surface area contributed by atoms with Crippen LogP contribution >= 0.6 is 11.6 Å². The number of aromatic nitrogens is 5. The van der Waals surface area contributed by atoms with Gasteiger partial charge in [0.25, 0.3) is 0 Å². The van der Waals surface area contributed by atoms with E-state index in [0.717, 1.165) is 64.3 Å². The number of halogens is 4. The predicted molar refractivity (Wildman–Crippen MR) is 153 cm³/mol. The van der Waals surface area contributed by atoms with E-state index in [0.29, 0.717) is 30.3 Å². The van der Waals surface area contributed by atoms with E-state index in [1.165, 1.54) is 11.1 Å². The van der Waals surface area contributed by atoms with Crippen molar-refractivity contribution in [3.05, 3.63) is 81.9 Å². The van der Waals surface area contributed by atoms with Gasteiger partial charge in [-0.1, -0.05) is 43.6 Å². The molecular formula is C30H28ClF3N6O. The molecule has 7 nitrogen and oxygen atoms in total. The van der Waals surface area contributed by atoms with Crippen molar-refractivity contribution in [1.82, 2.24) is 24.7 Å². The molecule has 0 spiro atoms. The summed E-state index contributed by atoms with van der Waals surface area (Å²) in [5, 5.41) is 6.55. The van der Waals surface area contributed by atoms with Crippen molar-refractivity contribution in [2.45, 2.75) is 45.8 Å². The molecule has 0 bridgehead atoms. The molecule has 0 saturated carbocycles. The van der Waals surface area contributed by atoms with Gasteiger partial charge in [-0.25, -0.2) is 14.6 Å². The number of rotatable bonds is 6. The molecule has 0 fully saturated rings. The normalized spacial score (nSPS) is 13.6. The summed E-state index contributed by atoms with van der Waals surface area (Å²) < 4.78 is 47.1. The van der Waals surface area contributed by atoms with Crippen LogP contribution < -0.4 is 9.64 Å². The van der Waals surface area contributed by atoms with E-state index in [1.807, 2.05) is 27.9 Å². The number of alkyl halides is 3. The lowest BCUT2D eigenvalue weighted by Crippen LogP contribution is -2.31. The molecule has 2 aromatic carbocycles. The van der Waals surface area contributed by atoms with E-state index in [-0.39, 0.29) is 5.95 Å². The number of ether oxygens (including phenoxy) is 1. The minimum absolute atomic E-state index is 0.241. The van der Waals surface area contributed by atoms with Crippen molar-refractivity contribution in [2.75, 3.05) is 18.6 Å². The number of nitrogens with one attached hydrogen (secondary N) is 1. The average molecular weight is 581 g/mol. The van der Waals surface area contributed by atoms with Gasteiger partial charge in [-0.05, 0) is 36.1 Å². The first-order valence-electron chi connectivity index (χ1n) is 13.4. The van der Waals surface area contributed by atoms with Gasteiger partial charge in [0.15, 0.2) is 5.75 Å². The summed E-state index contributed by atoms with van der Waals surface area (Å²) in [7, 11) is 1.58. The fraction of sp³-hybridized carbons (Fsp3) is 0.300. The first kappa shape index (κ1) is 27.1. The maximum atomic E-state index is 13.1. The van der Waals surface area contributed by atoms with Crippen LogP contribution in [0, 0.1) is 0 Å². The van der Waals surface area contributed by atoms with Gasteiger partial charge >= 0.3 is 6.18 Å². The standard InChI is InChI=1S/C30H28ClF3N6O/c1-4-17-7-6-8-18(5-2)26(17)40-27(21-13-23(31)28(41-3)25-20(21)9-11-35-25)22-16-39(12-10-24(22)38-40)29-36-14-19(15-37-29)30(32,33)34/h6-9,11,13-15,35H,4-5,10,12,16H2,1-3H3. The van der Waals surface area contributed by atoms with Crippen LogP contribution in [-0.2, 0) is 32.0 Å². The zero-order valence-electron chi connectivity index (χ0n) is 22.8. The van der Waals surface area contributed by atoms with Gasteiger partial charge in [0.1, 0.15) is 0 Å². The van der Waals surface area contributed by atoms with Crippen molar-refractivity contribution >= 4 is 28.5 Å². The summed E-state index contributed by atoms with van der Waals surface area (Å²) in [6, 6.07) is 10.2. The molecule has 0 aliphatic carbocycles. The summed E-state index contributed by atoms with van der Waals surface area (Å²) >= 11 is 6.76. The number of methoxy groups -OCH3 is 1. The summed E-state index contributed by atoms with van der Waals surface area (Å²) in [5.74, 6) is 0.795. The molecule has 0 unspecified atom stereocenters. The minimum atomic E-state index is -4.50. The van der Waals surface area contributed by atoms with Crippen molar-refractivity contribution in [3.8, 4) is 22.7 Å². The van der Waals surface area contributed by atoms with Crippen LogP contribution in [0.4, 0.5) is 19.1 Å². The number of anilines is 1. The molecule has 41 heavy (non-hydrogen) atoms. The summed E-state index contributed by atoms with van der Waals surface area (Å²) in [4.78, 5) is 13.3. The summed E-state index contributed by atoms with van der Waals surface area (Å²) in [6.07, 6.45) is 1.24. The van der Waals surface area contributed by atoms with E-state index in [9.17, 15) is 13.2 Å². The SMILES string of the molecule is CCc1cccc(CC)c1-n1nc2c(c1-c1cc(Cl)c(OC)c3[nH]ccc13)CN(c1ncc(C(F)(F)F)cn1)CC2.